The highest BCUT2D eigenvalue weighted by molar-refractivity contribution is 6.38. The lowest BCUT2D eigenvalue weighted by Crippen LogP contribution is -2.15. The zero-order valence-corrected chi connectivity index (χ0v) is 13.4. The molecule has 0 N–H and O–H groups in total. The summed E-state index contributed by atoms with van der Waals surface area (Å²) in [6.07, 6.45) is 7.63. The first-order chi connectivity index (χ1) is 12.3. The lowest BCUT2D eigenvalue weighted by atomic mass is 9.98. The van der Waals surface area contributed by atoms with E-state index in [9.17, 15) is 9.59 Å². The lowest BCUT2D eigenvalue weighted by molar-refractivity contribution is -0.111. The van der Waals surface area contributed by atoms with Gasteiger partial charge in [-0.1, -0.05) is 60.7 Å². The van der Waals surface area contributed by atoms with Crippen LogP contribution in [0, 0.1) is 0 Å². The topological polar surface area (TPSA) is 37.4 Å². The number of aldehydes is 1. The molecular weight excluding hydrogens is 310 g/mol. The molecule has 4 rings (SSSR count). The smallest absolute Gasteiger partial charge is 0.212 e. The minimum Gasteiger partial charge on any atom is -0.312 e. The summed E-state index contributed by atoms with van der Waals surface area (Å²) in [6, 6.07) is 19.6. The van der Waals surface area contributed by atoms with Crippen molar-refractivity contribution >= 4 is 23.3 Å². The molecule has 0 amide bonds. The van der Waals surface area contributed by atoms with E-state index in [0.717, 1.165) is 28.7 Å². The number of fused-ring (bicyclic) bond motifs is 1. The number of benzene rings is 2. The van der Waals surface area contributed by atoms with E-state index in [1.807, 2.05) is 77.8 Å². The molecule has 0 spiro atoms. The van der Waals surface area contributed by atoms with E-state index >= 15 is 0 Å². The Kier molecular flexibility index (Phi) is 3.75. The number of rotatable bonds is 3. The second kappa shape index (κ2) is 6.21. The van der Waals surface area contributed by atoms with Gasteiger partial charge in [-0.05, 0) is 34.9 Å². The second-order valence-electron chi connectivity index (χ2n) is 5.80. The fraction of sp³-hybridized carbons (Fsp3) is 0. The summed E-state index contributed by atoms with van der Waals surface area (Å²) >= 11 is 0. The van der Waals surface area contributed by atoms with Crippen LogP contribution in [0.4, 0.5) is 0 Å². The van der Waals surface area contributed by atoms with Crippen molar-refractivity contribution in [1.82, 2.24) is 4.90 Å². The maximum Gasteiger partial charge on any atom is 0.212 e. The largest absolute Gasteiger partial charge is 0.312 e. The first kappa shape index (κ1) is 15.1. The molecule has 2 heterocycles. The monoisotopic (exact) mass is 325 g/mol. The van der Waals surface area contributed by atoms with Gasteiger partial charge in [0.2, 0.25) is 5.78 Å². The van der Waals surface area contributed by atoms with E-state index in [4.69, 9.17) is 0 Å². The molecule has 0 aromatic heterocycles. The molecule has 0 saturated heterocycles. The molecule has 2 aliphatic rings. The van der Waals surface area contributed by atoms with Crippen LogP contribution in [0.1, 0.15) is 11.1 Å². The van der Waals surface area contributed by atoms with Crippen molar-refractivity contribution < 1.29 is 9.59 Å². The number of carbonyl (C=O) groups excluding carboxylic acids is 2. The third kappa shape index (κ3) is 2.56. The van der Waals surface area contributed by atoms with Crippen LogP contribution in [0.25, 0.3) is 11.3 Å². The Morgan fingerprint density at radius 1 is 0.840 bits per heavy atom. The fourth-order valence-electron chi connectivity index (χ4n) is 3.18. The van der Waals surface area contributed by atoms with Crippen molar-refractivity contribution in [3.63, 3.8) is 0 Å². The van der Waals surface area contributed by atoms with E-state index < -0.39 is 0 Å². The first-order valence-corrected chi connectivity index (χ1v) is 8.04. The summed E-state index contributed by atoms with van der Waals surface area (Å²) in [4.78, 5) is 25.8. The zero-order chi connectivity index (χ0) is 17.2. The molecule has 25 heavy (non-hydrogen) atoms. The van der Waals surface area contributed by atoms with Gasteiger partial charge in [-0.3, -0.25) is 9.59 Å². The van der Waals surface area contributed by atoms with Gasteiger partial charge in [-0.25, -0.2) is 0 Å². The van der Waals surface area contributed by atoms with Crippen LogP contribution in [0.2, 0.25) is 0 Å². The molecule has 0 fully saturated rings. The van der Waals surface area contributed by atoms with Crippen molar-refractivity contribution in [3.8, 4) is 0 Å². The summed E-state index contributed by atoms with van der Waals surface area (Å²) in [5, 5.41) is 0. The summed E-state index contributed by atoms with van der Waals surface area (Å²) in [5.41, 5.74) is 4.69. The Bertz CT molecular complexity index is 964. The van der Waals surface area contributed by atoms with Crippen LogP contribution in [0.3, 0.4) is 0 Å². The number of carbonyl (C=O) groups is 2. The minimum absolute atomic E-state index is 0.0359. The Balaban J connectivity index is 1.94. The van der Waals surface area contributed by atoms with Gasteiger partial charge in [-0.15, -0.1) is 0 Å². The fourth-order valence-corrected chi connectivity index (χ4v) is 3.18. The maximum absolute atomic E-state index is 13.2. The summed E-state index contributed by atoms with van der Waals surface area (Å²) < 4.78 is 0. The Morgan fingerprint density at radius 2 is 1.48 bits per heavy atom. The zero-order valence-electron chi connectivity index (χ0n) is 13.4. The number of Topliss-reactive ketones (excluding diaryl/α,β-unsaturated/α-hetero) is 1. The van der Waals surface area contributed by atoms with Crippen LogP contribution >= 0.6 is 0 Å². The Labute approximate surface area is 145 Å². The first-order valence-electron chi connectivity index (χ1n) is 8.04. The molecule has 0 aliphatic carbocycles. The third-order valence-electron chi connectivity index (χ3n) is 4.29. The highest BCUT2D eigenvalue weighted by Gasteiger charge is 2.36. The summed E-state index contributed by atoms with van der Waals surface area (Å²) in [6.45, 7) is 0. The molecule has 0 radical (unpaired) electrons. The molecule has 2 aromatic carbocycles. The van der Waals surface area contributed by atoms with Crippen molar-refractivity contribution in [2.75, 3.05) is 0 Å². The SMILES string of the molecule is O=C/C=C1/C=CN2C(=C1)C(=O)C(c1ccccc1)=C2c1ccccc1. The highest BCUT2D eigenvalue weighted by Crippen LogP contribution is 2.42. The molecule has 0 unspecified atom stereocenters. The number of ketones is 1. The molecule has 0 bridgehead atoms. The number of nitrogens with zero attached hydrogens (tertiary/aromatic N) is 1. The van der Waals surface area contributed by atoms with Crippen LogP contribution in [0.5, 0.6) is 0 Å². The Hall–Kier alpha value is -3.46. The van der Waals surface area contributed by atoms with Gasteiger partial charge in [0.25, 0.3) is 0 Å². The van der Waals surface area contributed by atoms with Crippen LogP contribution in [-0.2, 0) is 9.59 Å². The van der Waals surface area contributed by atoms with Crippen molar-refractivity contribution in [3.05, 3.63) is 107 Å². The van der Waals surface area contributed by atoms with E-state index in [-0.39, 0.29) is 5.78 Å². The number of hydrogen-bond acceptors (Lipinski definition) is 3. The van der Waals surface area contributed by atoms with E-state index in [2.05, 4.69) is 0 Å². The van der Waals surface area contributed by atoms with E-state index in [0.29, 0.717) is 11.3 Å². The average Bonchev–Trinajstić information content (AvgIpc) is 2.96. The maximum atomic E-state index is 13.2. The summed E-state index contributed by atoms with van der Waals surface area (Å²) in [5.74, 6) is -0.0359. The molecule has 0 atom stereocenters. The van der Waals surface area contributed by atoms with Crippen LogP contribution in [-0.4, -0.2) is 17.0 Å². The standard InChI is InChI=1S/C22H15NO2/c24-14-12-16-11-13-23-19(15-16)22(25)20(17-7-3-1-4-8-17)21(23)18-9-5-2-6-10-18/h1-15H/b16-12-. The van der Waals surface area contributed by atoms with Crippen LogP contribution in [0.15, 0.2) is 96.4 Å². The predicted molar refractivity (Wildman–Crippen MR) is 97.9 cm³/mol. The minimum atomic E-state index is -0.0359. The molecule has 2 aliphatic heterocycles. The molecule has 3 nitrogen and oxygen atoms in total. The molecule has 120 valence electrons. The molecule has 2 aromatic rings. The van der Waals surface area contributed by atoms with Crippen molar-refractivity contribution in [2.24, 2.45) is 0 Å². The third-order valence-corrected chi connectivity index (χ3v) is 4.29. The van der Waals surface area contributed by atoms with Gasteiger partial charge in [0.05, 0.1) is 17.0 Å². The normalized spacial score (nSPS) is 17.8. The van der Waals surface area contributed by atoms with Gasteiger partial charge in [0.15, 0.2) is 0 Å². The van der Waals surface area contributed by atoms with E-state index in [1.54, 1.807) is 6.08 Å². The van der Waals surface area contributed by atoms with Gasteiger partial charge in [-0.2, -0.15) is 0 Å². The second-order valence-corrected chi connectivity index (χ2v) is 5.80. The number of allylic oxidation sites excluding steroid dienone is 5. The highest BCUT2D eigenvalue weighted by atomic mass is 16.1. The van der Waals surface area contributed by atoms with Crippen molar-refractivity contribution in [1.29, 1.82) is 0 Å². The van der Waals surface area contributed by atoms with E-state index in [1.165, 1.54) is 6.08 Å². The van der Waals surface area contributed by atoms with Crippen molar-refractivity contribution in [2.45, 2.75) is 0 Å². The average molecular weight is 325 g/mol. The molecular formula is C22H15NO2. The Morgan fingerprint density at radius 3 is 2.12 bits per heavy atom. The van der Waals surface area contributed by atoms with Gasteiger partial charge >= 0.3 is 0 Å². The van der Waals surface area contributed by atoms with Gasteiger partial charge < -0.3 is 4.90 Å². The molecule has 0 saturated carbocycles. The predicted octanol–water partition coefficient (Wildman–Crippen LogP) is 3.98. The van der Waals surface area contributed by atoms with Crippen LogP contribution < -0.4 is 0 Å². The van der Waals surface area contributed by atoms with Gasteiger partial charge in [0.1, 0.15) is 6.29 Å². The quantitative estimate of drug-likeness (QED) is 0.633. The molecule has 3 heteroatoms. The van der Waals surface area contributed by atoms with Gasteiger partial charge in [0, 0.05) is 6.20 Å². The lowest BCUT2D eigenvalue weighted by Gasteiger charge is -2.22. The number of hydrogen-bond donors (Lipinski definition) is 0. The summed E-state index contributed by atoms with van der Waals surface area (Å²) in [7, 11) is 0.